The van der Waals surface area contributed by atoms with E-state index in [1.165, 1.54) is 20.9 Å². The van der Waals surface area contributed by atoms with Gasteiger partial charge >= 0.3 is 0 Å². The fourth-order valence-electron chi connectivity index (χ4n) is 2.34. The van der Waals surface area contributed by atoms with Gasteiger partial charge in [-0.25, -0.2) is 0 Å². The number of rotatable bonds is 3. The lowest BCUT2D eigenvalue weighted by Gasteiger charge is -2.16. The van der Waals surface area contributed by atoms with E-state index in [4.69, 9.17) is 9.47 Å². The van der Waals surface area contributed by atoms with Crippen molar-refractivity contribution in [2.45, 2.75) is 26.7 Å². The van der Waals surface area contributed by atoms with Gasteiger partial charge in [-0.05, 0) is 32.3 Å². The van der Waals surface area contributed by atoms with Crippen LogP contribution in [0.4, 0.5) is 0 Å². The first-order valence-electron chi connectivity index (χ1n) is 6.67. The zero-order valence-corrected chi connectivity index (χ0v) is 12.2. The Labute approximate surface area is 118 Å². The predicted molar refractivity (Wildman–Crippen MR) is 78.6 cm³/mol. The van der Waals surface area contributed by atoms with Crippen molar-refractivity contribution in [1.82, 2.24) is 0 Å². The number of ether oxygens (including phenoxy) is 2. The highest BCUT2D eigenvalue weighted by Crippen LogP contribution is 2.43. The van der Waals surface area contributed by atoms with Crippen LogP contribution >= 0.6 is 11.3 Å². The molecule has 1 aromatic heterocycles. The molecule has 0 fully saturated rings. The molecule has 3 rings (SSSR count). The summed E-state index contributed by atoms with van der Waals surface area (Å²) in [6, 6.07) is 8.76. The zero-order valence-electron chi connectivity index (χ0n) is 11.4. The standard InChI is InChI=1S/C16H18O2S/c1-11-3-5-13(6-4-11)7-8-14-16-15(12(2)19-14)17-9-10-18-16/h3-6H,7-10H2,1-2H3. The third-order valence-corrected chi connectivity index (χ3v) is 4.52. The van der Waals surface area contributed by atoms with Gasteiger partial charge in [0.15, 0.2) is 11.5 Å². The summed E-state index contributed by atoms with van der Waals surface area (Å²) in [5.41, 5.74) is 2.69. The molecule has 0 bridgehead atoms. The summed E-state index contributed by atoms with van der Waals surface area (Å²) < 4.78 is 11.5. The number of hydrogen-bond acceptors (Lipinski definition) is 3. The molecule has 0 aliphatic carbocycles. The van der Waals surface area contributed by atoms with Crippen LogP contribution in [0.1, 0.15) is 20.9 Å². The van der Waals surface area contributed by atoms with Crippen molar-refractivity contribution >= 4 is 11.3 Å². The Bertz CT molecular complexity index is 569. The molecular weight excluding hydrogens is 256 g/mol. The molecule has 0 saturated carbocycles. The molecule has 0 atom stereocenters. The minimum absolute atomic E-state index is 0.667. The first-order valence-corrected chi connectivity index (χ1v) is 7.49. The highest BCUT2D eigenvalue weighted by Gasteiger charge is 2.21. The molecule has 1 aromatic carbocycles. The molecular formula is C16H18O2S. The van der Waals surface area contributed by atoms with Gasteiger partial charge in [-0.3, -0.25) is 0 Å². The van der Waals surface area contributed by atoms with Crippen molar-refractivity contribution in [2.75, 3.05) is 13.2 Å². The van der Waals surface area contributed by atoms with Gasteiger partial charge in [0, 0.05) is 4.88 Å². The van der Waals surface area contributed by atoms with Gasteiger partial charge in [0.25, 0.3) is 0 Å². The topological polar surface area (TPSA) is 18.5 Å². The molecule has 0 N–H and O–H groups in total. The third kappa shape index (κ3) is 2.61. The monoisotopic (exact) mass is 274 g/mol. The Morgan fingerprint density at radius 2 is 1.63 bits per heavy atom. The van der Waals surface area contributed by atoms with Gasteiger partial charge in [-0.2, -0.15) is 0 Å². The van der Waals surface area contributed by atoms with E-state index >= 15 is 0 Å². The second kappa shape index (κ2) is 5.25. The normalized spacial score (nSPS) is 13.6. The SMILES string of the molecule is Cc1ccc(CCc2sc(C)c3c2OCCO3)cc1. The van der Waals surface area contributed by atoms with Gasteiger partial charge in [0.1, 0.15) is 13.2 Å². The van der Waals surface area contributed by atoms with E-state index < -0.39 is 0 Å². The fraction of sp³-hybridized carbons (Fsp3) is 0.375. The van der Waals surface area contributed by atoms with Gasteiger partial charge in [0.05, 0.1) is 4.88 Å². The van der Waals surface area contributed by atoms with E-state index in [1.807, 2.05) is 0 Å². The number of thiophene rings is 1. The molecule has 0 saturated heterocycles. The van der Waals surface area contributed by atoms with E-state index in [-0.39, 0.29) is 0 Å². The van der Waals surface area contributed by atoms with Crippen molar-refractivity contribution in [1.29, 1.82) is 0 Å². The van der Waals surface area contributed by atoms with Crippen LogP contribution in [0, 0.1) is 13.8 Å². The van der Waals surface area contributed by atoms with Crippen molar-refractivity contribution in [2.24, 2.45) is 0 Å². The first kappa shape index (κ1) is 12.5. The minimum Gasteiger partial charge on any atom is -0.485 e. The van der Waals surface area contributed by atoms with Crippen LogP contribution in [-0.4, -0.2) is 13.2 Å². The van der Waals surface area contributed by atoms with Crippen LogP contribution in [0.25, 0.3) is 0 Å². The third-order valence-electron chi connectivity index (χ3n) is 3.39. The summed E-state index contributed by atoms with van der Waals surface area (Å²) >= 11 is 1.80. The van der Waals surface area contributed by atoms with E-state index in [1.54, 1.807) is 11.3 Å². The van der Waals surface area contributed by atoms with E-state index in [0.717, 1.165) is 24.3 Å². The van der Waals surface area contributed by atoms with E-state index in [2.05, 4.69) is 38.1 Å². The summed E-state index contributed by atoms with van der Waals surface area (Å²) in [4.78, 5) is 2.54. The predicted octanol–water partition coefficient (Wildman–Crippen LogP) is 3.92. The minimum atomic E-state index is 0.667. The largest absolute Gasteiger partial charge is 0.485 e. The van der Waals surface area contributed by atoms with Gasteiger partial charge in [-0.15, -0.1) is 11.3 Å². The molecule has 0 amide bonds. The van der Waals surface area contributed by atoms with Crippen LogP contribution in [0.5, 0.6) is 11.5 Å². The van der Waals surface area contributed by atoms with Gasteiger partial charge < -0.3 is 9.47 Å². The van der Waals surface area contributed by atoms with Crippen LogP contribution < -0.4 is 9.47 Å². The van der Waals surface area contributed by atoms with Crippen LogP contribution in [-0.2, 0) is 12.8 Å². The Hall–Kier alpha value is -1.48. The smallest absolute Gasteiger partial charge is 0.175 e. The lowest BCUT2D eigenvalue weighted by molar-refractivity contribution is 0.171. The molecule has 2 heterocycles. The molecule has 3 heteroatoms. The molecule has 1 aliphatic heterocycles. The Morgan fingerprint density at radius 3 is 2.37 bits per heavy atom. The van der Waals surface area contributed by atoms with Crippen LogP contribution in [0.3, 0.4) is 0 Å². The molecule has 0 unspecified atom stereocenters. The van der Waals surface area contributed by atoms with Crippen molar-refractivity contribution in [3.8, 4) is 11.5 Å². The Kier molecular flexibility index (Phi) is 3.47. The summed E-state index contributed by atoms with van der Waals surface area (Å²) in [5.74, 6) is 1.95. The maximum atomic E-state index is 5.77. The molecule has 0 spiro atoms. The molecule has 0 radical (unpaired) electrons. The lowest BCUT2D eigenvalue weighted by atomic mass is 10.1. The summed E-state index contributed by atoms with van der Waals surface area (Å²) in [6.07, 6.45) is 2.07. The van der Waals surface area contributed by atoms with Crippen molar-refractivity contribution in [3.63, 3.8) is 0 Å². The van der Waals surface area contributed by atoms with Gasteiger partial charge in [0.2, 0.25) is 0 Å². The molecule has 19 heavy (non-hydrogen) atoms. The lowest BCUT2D eigenvalue weighted by Crippen LogP contribution is -2.15. The fourth-order valence-corrected chi connectivity index (χ4v) is 3.40. The van der Waals surface area contributed by atoms with E-state index in [0.29, 0.717) is 13.2 Å². The second-order valence-electron chi connectivity index (χ2n) is 4.92. The van der Waals surface area contributed by atoms with Crippen LogP contribution in [0.2, 0.25) is 0 Å². The number of aryl methyl sites for hydroxylation is 4. The van der Waals surface area contributed by atoms with Gasteiger partial charge in [-0.1, -0.05) is 29.8 Å². The average Bonchev–Trinajstić information content (AvgIpc) is 2.76. The molecule has 2 aromatic rings. The highest BCUT2D eigenvalue weighted by atomic mass is 32.1. The average molecular weight is 274 g/mol. The maximum absolute atomic E-state index is 5.77. The molecule has 2 nitrogen and oxygen atoms in total. The molecule has 100 valence electrons. The second-order valence-corrected chi connectivity index (χ2v) is 6.23. The quantitative estimate of drug-likeness (QED) is 0.844. The highest BCUT2D eigenvalue weighted by molar-refractivity contribution is 7.12. The zero-order chi connectivity index (χ0) is 13.2. The van der Waals surface area contributed by atoms with E-state index in [9.17, 15) is 0 Å². The number of hydrogen-bond donors (Lipinski definition) is 0. The number of fused-ring (bicyclic) bond motifs is 1. The summed E-state index contributed by atoms with van der Waals surface area (Å²) in [6.45, 7) is 5.56. The Balaban J connectivity index is 1.75. The first-order chi connectivity index (χ1) is 9.24. The summed E-state index contributed by atoms with van der Waals surface area (Å²) in [7, 11) is 0. The van der Waals surface area contributed by atoms with Crippen LogP contribution in [0.15, 0.2) is 24.3 Å². The number of benzene rings is 1. The maximum Gasteiger partial charge on any atom is 0.175 e. The summed E-state index contributed by atoms with van der Waals surface area (Å²) in [5, 5.41) is 0. The van der Waals surface area contributed by atoms with Crippen molar-refractivity contribution < 1.29 is 9.47 Å². The molecule has 1 aliphatic rings. The Morgan fingerprint density at radius 1 is 0.947 bits per heavy atom. The van der Waals surface area contributed by atoms with Crippen molar-refractivity contribution in [3.05, 3.63) is 45.1 Å².